The summed E-state index contributed by atoms with van der Waals surface area (Å²) in [6.45, 7) is 0.718. The van der Waals surface area contributed by atoms with E-state index in [0.717, 1.165) is 5.69 Å². The SMILES string of the molecule is O=C(OCCn1cncn1)c1ccc(-n2ccnn2)cc1. The number of esters is 1. The van der Waals surface area contributed by atoms with Crippen LogP contribution in [0.3, 0.4) is 0 Å². The van der Waals surface area contributed by atoms with E-state index in [9.17, 15) is 4.79 Å². The molecular weight excluding hydrogens is 272 g/mol. The highest BCUT2D eigenvalue weighted by atomic mass is 16.5. The second-order valence-electron chi connectivity index (χ2n) is 4.19. The summed E-state index contributed by atoms with van der Waals surface area (Å²) in [4.78, 5) is 15.7. The molecule has 0 aliphatic rings. The molecule has 0 radical (unpaired) electrons. The van der Waals surface area contributed by atoms with Crippen LogP contribution in [0.1, 0.15) is 10.4 Å². The van der Waals surface area contributed by atoms with Crippen molar-refractivity contribution in [3.05, 3.63) is 54.9 Å². The van der Waals surface area contributed by atoms with Gasteiger partial charge in [-0.2, -0.15) is 5.10 Å². The van der Waals surface area contributed by atoms with Gasteiger partial charge >= 0.3 is 5.97 Å². The van der Waals surface area contributed by atoms with E-state index < -0.39 is 0 Å². The van der Waals surface area contributed by atoms with Gasteiger partial charge in [-0.25, -0.2) is 19.1 Å². The Morgan fingerprint density at radius 2 is 2.10 bits per heavy atom. The van der Waals surface area contributed by atoms with E-state index in [1.165, 1.54) is 6.33 Å². The van der Waals surface area contributed by atoms with Crippen LogP contribution in [0.5, 0.6) is 0 Å². The van der Waals surface area contributed by atoms with Crippen LogP contribution in [0.4, 0.5) is 0 Å². The number of ether oxygens (including phenoxy) is 1. The van der Waals surface area contributed by atoms with Gasteiger partial charge in [-0.15, -0.1) is 5.10 Å². The van der Waals surface area contributed by atoms with E-state index in [2.05, 4.69) is 20.4 Å². The first-order valence-electron chi connectivity index (χ1n) is 6.29. The number of nitrogens with zero attached hydrogens (tertiary/aromatic N) is 6. The Bertz CT molecular complexity index is 691. The van der Waals surface area contributed by atoms with Gasteiger partial charge in [-0.3, -0.25) is 0 Å². The Balaban J connectivity index is 1.57. The predicted octanol–water partition coefficient (Wildman–Crippen LogP) is 0.716. The van der Waals surface area contributed by atoms with Gasteiger partial charge in [0.1, 0.15) is 19.3 Å². The third-order valence-electron chi connectivity index (χ3n) is 2.81. The molecule has 0 aliphatic heterocycles. The maximum absolute atomic E-state index is 11.9. The third kappa shape index (κ3) is 3.11. The summed E-state index contributed by atoms with van der Waals surface area (Å²) in [5.41, 5.74) is 1.31. The van der Waals surface area contributed by atoms with Crippen LogP contribution in [-0.2, 0) is 11.3 Å². The Morgan fingerprint density at radius 1 is 1.24 bits per heavy atom. The highest BCUT2D eigenvalue weighted by molar-refractivity contribution is 5.89. The zero-order valence-corrected chi connectivity index (χ0v) is 11.0. The Labute approximate surface area is 120 Å². The molecule has 0 atom stereocenters. The van der Waals surface area contributed by atoms with Gasteiger partial charge in [0, 0.05) is 0 Å². The number of hydrogen-bond donors (Lipinski definition) is 0. The molecule has 3 rings (SSSR count). The second-order valence-corrected chi connectivity index (χ2v) is 4.19. The number of rotatable bonds is 5. The largest absolute Gasteiger partial charge is 0.460 e. The van der Waals surface area contributed by atoms with Crippen LogP contribution in [-0.4, -0.2) is 42.3 Å². The summed E-state index contributed by atoms with van der Waals surface area (Å²) >= 11 is 0. The minimum absolute atomic E-state index is 0.243. The molecule has 1 aromatic carbocycles. The van der Waals surface area contributed by atoms with Crippen molar-refractivity contribution in [1.29, 1.82) is 0 Å². The lowest BCUT2D eigenvalue weighted by molar-refractivity contribution is 0.0487. The fourth-order valence-electron chi connectivity index (χ4n) is 1.76. The molecule has 2 aromatic heterocycles. The Morgan fingerprint density at radius 3 is 2.76 bits per heavy atom. The zero-order valence-electron chi connectivity index (χ0n) is 11.0. The van der Waals surface area contributed by atoms with Gasteiger partial charge in [0.2, 0.25) is 0 Å². The minimum atomic E-state index is -0.375. The summed E-state index contributed by atoms with van der Waals surface area (Å²) in [6, 6.07) is 6.94. The fourth-order valence-corrected chi connectivity index (χ4v) is 1.76. The maximum atomic E-state index is 11.9. The molecule has 0 saturated carbocycles. The molecule has 2 heterocycles. The van der Waals surface area contributed by atoms with E-state index in [0.29, 0.717) is 12.1 Å². The summed E-state index contributed by atoms with van der Waals surface area (Å²) < 4.78 is 8.38. The van der Waals surface area contributed by atoms with E-state index in [-0.39, 0.29) is 12.6 Å². The Hall–Kier alpha value is -3.03. The molecule has 106 valence electrons. The summed E-state index contributed by atoms with van der Waals surface area (Å²) in [7, 11) is 0. The monoisotopic (exact) mass is 284 g/mol. The number of carbonyl (C=O) groups excluding carboxylic acids is 1. The number of aromatic nitrogens is 6. The fraction of sp³-hybridized carbons (Fsp3) is 0.154. The van der Waals surface area contributed by atoms with Gasteiger partial charge in [0.25, 0.3) is 0 Å². The zero-order chi connectivity index (χ0) is 14.5. The van der Waals surface area contributed by atoms with Crippen LogP contribution >= 0.6 is 0 Å². The number of carbonyl (C=O) groups is 1. The molecular formula is C13H12N6O2. The molecule has 0 fully saturated rings. The summed E-state index contributed by atoms with van der Waals surface area (Å²) in [6.07, 6.45) is 6.32. The Kier molecular flexibility index (Phi) is 3.68. The highest BCUT2D eigenvalue weighted by Gasteiger charge is 2.07. The van der Waals surface area contributed by atoms with Gasteiger partial charge in [-0.05, 0) is 24.3 Å². The second kappa shape index (κ2) is 5.95. The summed E-state index contributed by atoms with van der Waals surface area (Å²) in [5.74, 6) is -0.375. The van der Waals surface area contributed by atoms with E-state index in [1.807, 2.05) is 0 Å². The first kappa shape index (κ1) is 13.0. The number of hydrogen-bond acceptors (Lipinski definition) is 6. The predicted molar refractivity (Wildman–Crippen MR) is 71.7 cm³/mol. The highest BCUT2D eigenvalue weighted by Crippen LogP contribution is 2.09. The lowest BCUT2D eigenvalue weighted by atomic mass is 10.2. The normalized spacial score (nSPS) is 10.5. The molecule has 0 amide bonds. The molecule has 0 N–H and O–H groups in total. The molecule has 0 unspecified atom stereocenters. The van der Waals surface area contributed by atoms with Crippen molar-refractivity contribution in [2.45, 2.75) is 6.54 Å². The molecule has 8 nitrogen and oxygen atoms in total. The van der Waals surface area contributed by atoms with Gasteiger partial charge in [0.05, 0.1) is 30.2 Å². The van der Waals surface area contributed by atoms with Gasteiger partial charge in [0.15, 0.2) is 0 Å². The van der Waals surface area contributed by atoms with E-state index >= 15 is 0 Å². The average molecular weight is 284 g/mol. The third-order valence-corrected chi connectivity index (χ3v) is 2.81. The molecule has 0 saturated heterocycles. The van der Waals surface area contributed by atoms with Crippen LogP contribution in [0.2, 0.25) is 0 Å². The lowest BCUT2D eigenvalue weighted by Gasteiger charge is -2.05. The van der Waals surface area contributed by atoms with Crippen LogP contribution in [0, 0.1) is 0 Å². The van der Waals surface area contributed by atoms with Crippen molar-refractivity contribution in [3.8, 4) is 5.69 Å². The smallest absolute Gasteiger partial charge is 0.338 e. The molecule has 21 heavy (non-hydrogen) atoms. The van der Waals surface area contributed by atoms with Crippen molar-refractivity contribution < 1.29 is 9.53 Å². The van der Waals surface area contributed by atoms with Crippen molar-refractivity contribution in [2.24, 2.45) is 0 Å². The van der Waals surface area contributed by atoms with Crippen molar-refractivity contribution in [3.63, 3.8) is 0 Å². The van der Waals surface area contributed by atoms with Gasteiger partial charge < -0.3 is 4.74 Å². The van der Waals surface area contributed by atoms with Crippen LogP contribution in [0.25, 0.3) is 5.69 Å². The van der Waals surface area contributed by atoms with E-state index in [1.54, 1.807) is 52.4 Å². The maximum Gasteiger partial charge on any atom is 0.338 e. The standard InChI is InChI=1S/C13H12N6O2/c20-13(21-8-7-18-10-14-9-16-18)11-1-3-12(4-2-11)19-6-5-15-17-19/h1-6,9-10H,7-8H2. The van der Waals surface area contributed by atoms with Crippen LogP contribution < -0.4 is 0 Å². The molecule has 0 bridgehead atoms. The number of benzene rings is 1. The first-order chi connectivity index (χ1) is 10.3. The quantitative estimate of drug-likeness (QED) is 0.641. The van der Waals surface area contributed by atoms with Gasteiger partial charge in [-0.1, -0.05) is 5.21 Å². The topological polar surface area (TPSA) is 87.7 Å². The van der Waals surface area contributed by atoms with Crippen molar-refractivity contribution >= 4 is 5.97 Å². The lowest BCUT2D eigenvalue weighted by Crippen LogP contribution is -2.12. The molecule has 8 heteroatoms. The van der Waals surface area contributed by atoms with E-state index in [4.69, 9.17) is 4.74 Å². The van der Waals surface area contributed by atoms with Crippen molar-refractivity contribution in [1.82, 2.24) is 29.8 Å². The van der Waals surface area contributed by atoms with Crippen LogP contribution in [0.15, 0.2) is 49.3 Å². The minimum Gasteiger partial charge on any atom is -0.460 e. The average Bonchev–Trinajstić information content (AvgIpc) is 3.21. The molecule has 0 spiro atoms. The summed E-state index contributed by atoms with van der Waals surface area (Å²) in [5, 5.41) is 11.5. The first-order valence-corrected chi connectivity index (χ1v) is 6.29. The molecule has 3 aromatic rings. The van der Waals surface area contributed by atoms with Crippen molar-refractivity contribution in [2.75, 3.05) is 6.61 Å². The molecule has 0 aliphatic carbocycles.